The number of anilines is 2. The quantitative estimate of drug-likeness (QED) is 0.244. The predicted octanol–water partition coefficient (Wildman–Crippen LogP) is 4.78. The number of pyridine rings is 1. The number of aliphatic carboxylic acids is 1. The molecule has 0 fully saturated rings. The number of rotatable bonds is 8. The Bertz CT molecular complexity index is 1550. The molecule has 0 radical (unpaired) electrons. The molecule has 2 heterocycles. The third kappa shape index (κ3) is 6.46. The molecule has 0 aliphatic carbocycles. The van der Waals surface area contributed by atoms with Crippen LogP contribution in [0, 0.1) is 5.92 Å². The molecular weight excluding hydrogens is 533 g/mol. The van der Waals surface area contributed by atoms with Gasteiger partial charge in [-0.1, -0.05) is 26.0 Å². The summed E-state index contributed by atoms with van der Waals surface area (Å²) in [5.74, 6) is -2.30. The molecule has 1 unspecified atom stereocenters. The van der Waals surface area contributed by atoms with Gasteiger partial charge in [-0.25, -0.2) is 9.59 Å². The maximum absolute atomic E-state index is 12.8. The van der Waals surface area contributed by atoms with Gasteiger partial charge < -0.3 is 25.8 Å². The molecule has 40 heavy (non-hydrogen) atoms. The maximum atomic E-state index is 12.8. The van der Waals surface area contributed by atoms with Crippen LogP contribution in [0.1, 0.15) is 24.2 Å². The van der Waals surface area contributed by atoms with Crippen molar-refractivity contribution in [1.29, 1.82) is 0 Å². The second-order valence-corrected chi connectivity index (χ2v) is 8.87. The predicted molar refractivity (Wildman–Crippen MR) is 138 cm³/mol. The van der Waals surface area contributed by atoms with Gasteiger partial charge in [0.15, 0.2) is 17.2 Å². The highest BCUT2D eigenvalue weighted by atomic mass is 19.4. The summed E-state index contributed by atoms with van der Waals surface area (Å²) >= 11 is 0. The monoisotopic (exact) mass is 556 g/mol. The lowest BCUT2D eigenvalue weighted by Gasteiger charge is -2.17. The zero-order chi connectivity index (χ0) is 29.0. The molecule has 4 N–H and O–H groups in total. The number of hydrogen-bond acceptors (Lipinski definition) is 6. The van der Waals surface area contributed by atoms with E-state index in [1.807, 2.05) is 0 Å². The van der Waals surface area contributed by atoms with Crippen molar-refractivity contribution in [1.82, 2.24) is 19.9 Å². The molecule has 0 aliphatic rings. The molecule has 2 aromatic carbocycles. The molecule has 14 heteroatoms. The van der Waals surface area contributed by atoms with Crippen LogP contribution in [0.15, 0.2) is 66.9 Å². The number of hydrogen-bond donors (Lipinski definition) is 4. The first-order valence-corrected chi connectivity index (χ1v) is 11.8. The fourth-order valence-electron chi connectivity index (χ4n) is 3.79. The normalized spacial score (nSPS) is 12.2. The van der Waals surface area contributed by atoms with Gasteiger partial charge >= 0.3 is 18.4 Å². The summed E-state index contributed by atoms with van der Waals surface area (Å²) in [4.78, 5) is 36.7. The lowest BCUT2D eigenvalue weighted by Crippen LogP contribution is -2.44. The number of halogens is 3. The first-order chi connectivity index (χ1) is 18.9. The Morgan fingerprint density at radius 2 is 1.65 bits per heavy atom. The number of alkyl halides is 3. The Balaban J connectivity index is 1.49. The Hall–Kier alpha value is -5.14. The van der Waals surface area contributed by atoms with Crippen molar-refractivity contribution >= 4 is 34.9 Å². The zero-order valence-electron chi connectivity index (χ0n) is 21.1. The van der Waals surface area contributed by atoms with E-state index >= 15 is 0 Å². The van der Waals surface area contributed by atoms with Crippen LogP contribution < -0.4 is 20.7 Å². The van der Waals surface area contributed by atoms with Crippen LogP contribution in [0.2, 0.25) is 0 Å². The Kier molecular flexibility index (Phi) is 7.88. The lowest BCUT2D eigenvalue weighted by molar-refractivity contribution is -0.274. The Morgan fingerprint density at radius 3 is 2.30 bits per heavy atom. The van der Waals surface area contributed by atoms with E-state index in [4.69, 9.17) is 0 Å². The van der Waals surface area contributed by atoms with Gasteiger partial charge in [0.1, 0.15) is 6.04 Å². The van der Waals surface area contributed by atoms with Crippen LogP contribution in [0.25, 0.3) is 17.0 Å². The average Bonchev–Trinajstić information content (AvgIpc) is 3.32. The van der Waals surface area contributed by atoms with Gasteiger partial charge in [0.05, 0.1) is 11.3 Å². The molecule has 208 valence electrons. The van der Waals surface area contributed by atoms with Crippen molar-refractivity contribution in [2.24, 2.45) is 5.92 Å². The Morgan fingerprint density at radius 1 is 0.950 bits per heavy atom. The van der Waals surface area contributed by atoms with Crippen molar-refractivity contribution in [3.8, 4) is 17.1 Å². The molecule has 0 saturated heterocycles. The number of ether oxygens (including phenoxy) is 1. The first-order valence-electron chi connectivity index (χ1n) is 11.8. The summed E-state index contributed by atoms with van der Waals surface area (Å²) in [6.07, 6.45) is -3.28. The number of carboxylic acid groups (broad SMARTS) is 1. The minimum atomic E-state index is -4.92. The second kappa shape index (κ2) is 11.3. The fraction of sp³-hybridized carbons (Fsp3) is 0.192. The van der Waals surface area contributed by atoms with Crippen molar-refractivity contribution in [3.05, 3.63) is 72.4 Å². The van der Waals surface area contributed by atoms with Gasteiger partial charge in [-0.15, -0.1) is 23.4 Å². The number of nitrogens with one attached hydrogen (secondary N) is 3. The fourth-order valence-corrected chi connectivity index (χ4v) is 3.79. The standard InChI is InChI=1S/C26H23F3N6O5/c1-14(2)20(24(37)38)32-23(36)17-6-5-13-35-21(33-34-22(17)35)15-9-11-16(12-10-15)30-25(39)31-18-7-3-4-8-19(18)40-26(27,28)29/h3-14,20H,1-2H3,(H,32,36)(H,37,38)(H2,30,31,39). The van der Waals surface area contributed by atoms with E-state index in [9.17, 15) is 32.7 Å². The molecule has 0 saturated carbocycles. The molecule has 2 aromatic heterocycles. The summed E-state index contributed by atoms with van der Waals surface area (Å²) in [6.45, 7) is 3.36. The molecule has 11 nitrogen and oxygen atoms in total. The number of amides is 3. The lowest BCUT2D eigenvalue weighted by atomic mass is 10.0. The van der Waals surface area contributed by atoms with Crippen molar-refractivity contribution in [2.75, 3.05) is 10.6 Å². The average molecular weight is 557 g/mol. The van der Waals surface area contributed by atoms with Crippen LogP contribution in [-0.4, -0.2) is 50.0 Å². The molecule has 4 aromatic rings. The van der Waals surface area contributed by atoms with E-state index in [2.05, 4.69) is 30.9 Å². The van der Waals surface area contributed by atoms with Crippen LogP contribution in [0.5, 0.6) is 5.75 Å². The summed E-state index contributed by atoms with van der Waals surface area (Å²) in [5, 5.41) is 25.0. The number of carboxylic acids is 1. The van der Waals surface area contributed by atoms with Gasteiger partial charge in [-0.2, -0.15) is 0 Å². The molecule has 4 rings (SSSR count). The Labute approximate surface area is 225 Å². The van der Waals surface area contributed by atoms with E-state index < -0.39 is 36.1 Å². The van der Waals surface area contributed by atoms with Gasteiger partial charge in [-0.3, -0.25) is 9.20 Å². The van der Waals surface area contributed by atoms with Crippen molar-refractivity contribution in [2.45, 2.75) is 26.3 Å². The van der Waals surface area contributed by atoms with Crippen LogP contribution in [-0.2, 0) is 4.79 Å². The summed E-state index contributed by atoms with van der Waals surface area (Å²) in [7, 11) is 0. The number of para-hydroxylation sites is 2. The third-order valence-electron chi connectivity index (χ3n) is 5.66. The third-order valence-corrected chi connectivity index (χ3v) is 5.66. The van der Waals surface area contributed by atoms with Gasteiger partial charge in [0.2, 0.25) is 0 Å². The van der Waals surface area contributed by atoms with Crippen molar-refractivity contribution in [3.63, 3.8) is 0 Å². The van der Waals surface area contributed by atoms with E-state index in [1.54, 1.807) is 54.8 Å². The second-order valence-electron chi connectivity index (χ2n) is 8.87. The minimum Gasteiger partial charge on any atom is -0.480 e. The number of fused-ring (bicyclic) bond motifs is 1. The molecular formula is C26H23F3N6O5. The van der Waals surface area contributed by atoms with Gasteiger partial charge in [0.25, 0.3) is 5.91 Å². The molecule has 0 aliphatic heterocycles. The highest BCUT2D eigenvalue weighted by molar-refractivity contribution is 6.02. The van der Waals surface area contributed by atoms with Crippen LogP contribution in [0.4, 0.5) is 29.3 Å². The van der Waals surface area contributed by atoms with E-state index in [0.29, 0.717) is 17.1 Å². The van der Waals surface area contributed by atoms with E-state index in [1.165, 1.54) is 24.3 Å². The van der Waals surface area contributed by atoms with E-state index in [-0.39, 0.29) is 22.8 Å². The largest absolute Gasteiger partial charge is 0.573 e. The van der Waals surface area contributed by atoms with Gasteiger partial charge in [-0.05, 0) is 54.4 Å². The number of benzene rings is 2. The molecule has 1 atom stereocenters. The number of carbonyl (C=O) groups is 3. The topological polar surface area (TPSA) is 147 Å². The number of urea groups is 1. The maximum Gasteiger partial charge on any atom is 0.573 e. The molecule has 0 spiro atoms. The number of aromatic nitrogens is 3. The zero-order valence-corrected chi connectivity index (χ0v) is 21.1. The van der Waals surface area contributed by atoms with Gasteiger partial charge in [0, 0.05) is 17.4 Å². The van der Waals surface area contributed by atoms with Crippen molar-refractivity contribution < 1.29 is 37.4 Å². The smallest absolute Gasteiger partial charge is 0.480 e. The molecule has 0 bridgehead atoms. The van der Waals surface area contributed by atoms with Crippen LogP contribution >= 0.6 is 0 Å². The summed E-state index contributed by atoms with van der Waals surface area (Å²) in [6, 6.07) is 12.7. The number of nitrogens with zero attached hydrogens (tertiary/aromatic N) is 3. The van der Waals surface area contributed by atoms with E-state index in [0.717, 1.165) is 6.07 Å². The highest BCUT2D eigenvalue weighted by Gasteiger charge is 2.32. The summed E-state index contributed by atoms with van der Waals surface area (Å²) in [5.41, 5.74) is 1.08. The minimum absolute atomic E-state index is 0.137. The number of carbonyl (C=O) groups excluding carboxylic acids is 2. The SMILES string of the molecule is CC(C)C(NC(=O)c1cccn2c(-c3ccc(NC(=O)Nc4ccccc4OC(F)(F)F)cc3)nnc12)C(=O)O. The summed E-state index contributed by atoms with van der Waals surface area (Å²) < 4.78 is 43.4. The molecule has 3 amide bonds. The van der Waals surface area contributed by atoms with Crippen LogP contribution in [0.3, 0.4) is 0 Å². The first kappa shape index (κ1) is 27.9. The highest BCUT2D eigenvalue weighted by Crippen LogP contribution is 2.30.